The van der Waals surface area contributed by atoms with Crippen molar-refractivity contribution in [2.75, 3.05) is 11.9 Å². The molecule has 0 saturated heterocycles. The number of amides is 1. The first kappa shape index (κ1) is 10.5. The lowest BCUT2D eigenvalue weighted by atomic mass is 10.1. The lowest BCUT2D eigenvalue weighted by Gasteiger charge is -2.07. The third-order valence-corrected chi connectivity index (χ3v) is 1.83. The first-order chi connectivity index (χ1) is 6.66. The van der Waals surface area contributed by atoms with Crippen molar-refractivity contribution in [3.05, 3.63) is 29.6 Å². The second kappa shape index (κ2) is 4.60. The maximum absolute atomic E-state index is 13.5. The van der Waals surface area contributed by atoms with Crippen LogP contribution in [0.1, 0.15) is 23.7 Å². The van der Waals surface area contributed by atoms with E-state index in [1.54, 1.807) is 12.1 Å². The zero-order valence-electron chi connectivity index (χ0n) is 8.01. The molecule has 0 heterocycles. The second-order valence-corrected chi connectivity index (χ2v) is 2.96. The summed E-state index contributed by atoms with van der Waals surface area (Å²) < 4.78 is 13.5. The van der Waals surface area contributed by atoms with Crippen molar-refractivity contribution in [3.63, 3.8) is 0 Å². The highest BCUT2D eigenvalue weighted by Gasteiger charge is 2.11. The number of anilines is 1. The van der Waals surface area contributed by atoms with Crippen molar-refractivity contribution in [1.29, 1.82) is 0 Å². The monoisotopic (exact) mass is 196 g/mol. The van der Waals surface area contributed by atoms with Crippen LogP contribution in [-0.4, -0.2) is 12.5 Å². The highest BCUT2D eigenvalue weighted by atomic mass is 19.1. The van der Waals surface area contributed by atoms with Crippen LogP contribution in [0.4, 0.5) is 10.1 Å². The molecule has 0 spiro atoms. The highest BCUT2D eigenvalue weighted by Crippen LogP contribution is 2.17. The predicted octanol–water partition coefficient (Wildman–Crippen LogP) is 1.75. The van der Waals surface area contributed by atoms with E-state index in [4.69, 9.17) is 5.73 Å². The molecule has 1 rings (SSSR count). The van der Waals surface area contributed by atoms with Crippen molar-refractivity contribution in [1.82, 2.24) is 0 Å². The Morgan fingerprint density at radius 3 is 2.86 bits per heavy atom. The zero-order valence-corrected chi connectivity index (χ0v) is 8.01. The first-order valence-electron chi connectivity index (χ1n) is 4.49. The number of hydrogen-bond acceptors (Lipinski definition) is 2. The summed E-state index contributed by atoms with van der Waals surface area (Å²) in [6, 6.07) is 4.55. The van der Waals surface area contributed by atoms with Gasteiger partial charge in [-0.1, -0.05) is 13.0 Å². The van der Waals surface area contributed by atoms with Gasteiger partial charge >= 0.3 is 0 Å². The predicted molar refractivity (Wildman–Crippen MR) is 53.7 cm³/mol. The molecule has 1 amide bonds. The van der Waals surface area contributed by atoms with Crippen molar-refractivity contribution < 1.29 is 9.18 Å². The number of rotatable bonds is 4. The molecule has 0 saturated carbocycles. The van der Waals surface area contributed by atoms with E-state index in [9.17, 15) is 9.18 Å². The fraction of sp³-hybridized carbons (Fsp3) is 0.300. The van der Waals surface area contributed by atoms with Gasteiger partial charge in [-0.25, -0.2) is 4.39 Å². The summed E-state index contributed by atoms with van der Waals surface area (Å²) in [6.07, 6.45) is 0.889. The number of benzene rings is 1. The molecule has 0 bridgehead atoms. The van der Waals surface area contributed by atoms with E-state index in [2.05, 4.69) is 5.32 Å². The molecule has 0 aliphatic rings. The third kappa shape index (κ3) is 2.22. The maximum Gasteiger partial charge on any atom is 0.251 e. The van der Waals surface area contributed by atoms with Crippen LogP contribution in [-0.2, 0) is 0 Å². The van der Waals surface area contributed by atoms with Gasteiger partial charge in [-0.3, -0.25) is 4.79 Å². The summed E-state index contributed by atoms with van der Waals surface area (Å²) in [5.74, 6) is -1.32. The van der Waals surface area contributed by atoms with Gasteiger partial charge in [0.25, 0.3) is 5.91 Å². The molecule has 4 heteroatoms. The van der Waals surface area contributed by atoms with E-state index < -0.39 is 11.7 Å². The Labute approximate surface area is 82.1 Å². The number of nitrogens with one attached hydrogen (secondary N) is 1. The molecule has 1 aromatic rings. The molecule has 0 fully saturated rings. The number of nitrogens with two attached hydrogens (primary N) is 1. The number of halogens is 1. The summed E-state index contributed by atoms with van der Waals surface area (Å²) in [5, 5.41) is 2.88. The number of primary amides is 1. The van der Waals surface area contributed by atoms with E-state index in [-0.39, 0.29) is 5.56 Å². The van der Waals surface area contributed by atoms with E-state index in [1.165, 1.54) is 6.07 Å². The Hall–Kier alpha value is -1.58. The second-order valence-electron chi connectivity index (χ2n) is 2.96. The van der Waals surface area contributed by atoms with Crippen LogP contribution in [0.2, 0.25) is 0 Å². The van der Waals surface area contributed by atoms with Gasteiger partial charge < -0.3 is 11.1 Å². The minimum atomic E-state index is -0.748. The topological polar surface area (TPSA) is 55.1 Å². The quantitative estimate of drug-likeness (QED) is 0.770. The van der Waals surface area contributed by atoms with Gasteiger partial charge in [0.1, 0.15) is 0 Å². The van der Waals surface area contributed by atoms with Gasteiger partial charge in [0, 0.05) is 6.54 Å². The minimum absolute atomic E-state index is 0.0777. The van der Waals surface area contributed by atoms with E-state index >= 15 is 0 Å². The summed E-state index contributed by atoms with van der Waals surface area (Å²) in [4.78, 5) is 10.8. The molecule has 14 heavy (non-hydrogen) atoms. The molecule has 1 aromatic carbocycles. The largest absolute Gasteiger partial charge is 0.383 e. The third-order valence-electron chi connectivity index (χ3n) is 1.83. The number of hydrogen-bond donors (Lipinski definition) is 2. The summed E-state index contributed by atoms with van der Waals surface area (Å²) in [5.41, 5.74) is 5.25. The van der Waals surface area contributed by atoms with Crippen LogP contribution in [0.15, 0.2) is 18.2 Å². The Balaban J connectivity index is 2.95. The Bertz CT molecular complexity index is 339. The average molecular weight is 196 g/mol. The fourth-order valence-electron chi connectivity index (χ4n) is 1.12. The number of carbonyl (C=O) groups is 1. The molecule has 0 atom stereocenters. The van der Waals surface area contributed by atoms with E-state index in [1.807, 2.05) is 6.92 Å². The Kier molecular flexibility index (Phi) is 3.45. The molecular weight excluding hydrogens is 183 g/mol. The van der Waals surface area contributed by atoms with E-state index in [0.717, 1.165) is 6.42 Å². The van der Waals surface area contributed by atoms with Crippen LogP contribution in [0.25, 0.3) is 0 Å². The normalized spacial score (nSPS) is 9.86. The standard InChI is InChI=1S/C10H13FN2O/c1-2-6-13-8-5-3-4-7(9(8)11)10(12)14/h3-5,13H,2,6H2,1H3,(H2,12,14). The SMILES string of the molecule is CCCNc1cccc(C(N)=O)c1F. The van der Waals surface area contributed by atoms with Crippen LogP contribution in [0, 0.1) is 5.82 Å². The Morgan fingerprint density at radius 1 is 1.57 bits per heavy atom. The molecule has 3 nitrogen and oxygen atoms in total. The van der Waals surface area contributed by atoms with Gasteiger partial charge in [-0.2, -0.15) is 0 Å². The zero-order chi connectivity index (χ0) is 10.6. The van der Waals surface area contributed by atoms with Gasteiger partial charge in [-0.05, 0) is 18.6 Å². The summed E-state index contributed by atoms with van der Waals surface area (Å²) >= 11 is 0. The van der Waals surface area contributed by atoms with Crippen LogP contribution in [0.3, 0.4) is 0 Å². The summed E-state index contributed by atoms with van der Waals surface area (Å²) in [7, 11) is 0. The van der Waals surface area contributed by atoms with Crippen LogP contribution < -0.4 is 11.1 Å². The van der Waals surface area contributed by atoms with Gasteiger partial charge in [-0.15, -0.1) is 0 Å². The minimum Gasteiger partial charge on any atom is -0.383 e. The van der Waals surface area contributed by atoms with Gasteiger partial charge in [0.05, 0.1) is 11.3 Å². The fourth-order valence-corrected chi connectivity index (χ4v) is 1.12. The average Bonchev–Trinajstić information content (AvgIpc) is 2.16. The van der Waals surface area contributed by atoms with E-state index in [0.29, 0.717) is 12.2 Å². The molecule has 0 radical (unpaired) electrons. The Morgan fingerprint density at radius 2 is 2.29 bits per heavy atom. The highest BCUT2D eigenvalue weighted by molar-refractivity contribution is 5.94. The van der Waals surface area contributed by atoms with Crippen LogP contribution in [0.5, 0.6) is 0 Å². The van der Waals surface area contributed by atoms with Gasteiger partial charge in [0.15, 0.2) is 5.82 Å². The van der Waals surface area contributed by atoms with Crippen molar-refractivity contribution in [2.45, 2.75) is 13.3 Å². The lowest BCUT2D eigenvalue weighted by molar-refractivity contribution is 0.0996. The van der Waals surface area contributed by atoms with Crippen molar-refractivity contribution in [2.24, 2.45) is 5.73 Å². The molecular formula is C10H13FN2O. The smallest absolute Gasteiger partial charge is 0.251 e. The lowest BCUT2D eigenvalue weighted by Crippen LogP contribution is -2.14. The van der Waals surface area contributed by atoms with Gasteiger partial charge in [0.2, 0.25) is 0 Å². The van der Waals surface area contributed by atoms with Crippen molar-refractivity contribution in [3.8, 4) is 0 Å². The van der Waals surface area contributed by atoms with Crippen LogP contribution >= 0.6 is 0 Å². The molecule has 0 aliphatic carbocycles. The molecule has 76 valence electrons. The molecule has 0 aliphatic heterocycles. The summed E-state index contributed by atoms with van der Waals surface area (Å²) in [6.45, 7) is 2.64. The molecule has 0 unspecified atom stereocenters. The molecule has 3 N–H and O–H groups in total. The van der Waals surface area contributed by atoms with Crippen molar-refractivity contribution >= 4 is 11.6 Å². The molecule has 0 aromatic heterocycles. The first-order valence-corrected chi connectivity index (χ1v) is 4.49. The maximum atomic E-state index is 13.5. The number of carbonyl (C=O) groups excluding carboxylic acids is 1.